The minimum atomic E-state index is -1.01. The lowest BCUT2D eigenvalue weighted by molar-refractivity contribution is -0.149. The van der Waals surface area contributed by atoms with Crippen LogP contribution in [-0.4, -0.2) is 63.9 Å². The van der Waals surface area contributed by atoms with Crippen molar-refractivity contribution in [3.8, 4) is 0 Å². The number of carbonyl (C=O) groups is 4. The van der Waals surface area contributed by atoms with E-state index in [1.54, 1.807) is 37.3 Å². The van der Waals surface area contributed by atoms with E-state index >= 15 is 0 Å². The Labute approximate surface area is 222 Å². The standard InChI is InChI=1S/C28H35N3O7/c1-17(2)26-19(4)9-10-24(34)29-11-5-7-18(3)13-20(32)14-21(33)15-25-30-22(16-37-25)27(35)31-12-6-8-23(31)28(36)38-26/h5,7-10,13,16-17,19-20,26,32H,6,11-12,14-15H2,1-4H3,(H,29,34)/b7-5?,10-9+,18-13+/t19-,20-,26-/m1/s1. The molecule has 3 atom stereocenters. The molecule has 0 radical (unpaired) electrons. The minimum Gasteiger partial charge on any atom is -0.457 e. The number of ketones is 1. The molecule has 10 nitrogen and oxygen atoms in total. The lowest BCUT2D eigenvalue weighted by Crippen LogP contribution is -2.36. The molecule has 0 fully saturated rings. The van der Waals surface area contributed by atoms with E-state index in [2.05, 4.69) is 10.3 Å². The van der Waals surface area contributed by atoms with Crippen molar-refractivity contribution in [3.05, 3.63) is 65.6 Å². The summed E-state index contributed by atoms with van der Waals surface area (Å²) in [5.41, 5.74) is 0.809. The Bertz CT molecular complexity index is 1170. The average molecular weight is 526 g/mol. The summed E-state index contributed by atoms with van der Waals surface area (Å²) in [6.45, 7) is 8.00. The number of oxazole rings is 1. The fraction of sp³-hybridized carbons (Fsp3) is 0.464. The number of aliphatic hydroxyl groups is 1. The molecule has 2 amide bonds. The van der Waals surface area contributed by atoms with Crippen molar-refractivity contribution in [3.63, 3.8) is 0 Å². The van der Waals surface area contributed by atoms with Crippen LogP contribution >= 0.6 is 0 Å². The zero-order chi connectivity index (χ0) is 27.8. The molecule has 2 bridgehead atoms. The Kier molecular flexibility index (Phi) is 9.95. The third kappa shape index (κ3) is 7.85. The van der Waals surface area contributed by atoms with Crippen LogP contribution in [0.15, 0.2) is 58.4 Å². The first-order valence-electron chi connectivity index (χ1n) is 12.7. The van der Waals surface area contributed by atoms with Crippen molar-refractivity contribution < 1.29 is 33.4 Å². The fourth-order valence-corrected chi connectivity index (χ4v) is 4.33. The van der Waals surface area contributed by atoms with E-state index in [0.29, 0.717) is 6.42 Å². The number of aromatic nitrogens is 1. The average Bonchev–Trinajstić information content (AvgIpc) is 3.52. The Morgan fingerprint density at radius 3 is 2.68 bits per heavy atom. The zero-order valence-corrected chi connectivity index (χ0v) is 22.2. The van der Waals surface area contributed by atoms with E-state index in [9.17, 15) is 24.3 Å². The molecular formula is C28H35N3O7. The topological polar surface area (TPSA) is 139 Å². The summed E-state index contributed by atoms with van der Waals surface area (Å²) in [6, 6.07) is 0. The van der Waals surface area contributed by atoms with Gasteiger partial charge in [0, 0.05) is 25.4 Å². The van der Waals surface area contributed by atoms with Crippen molar-refractivity contribution >= 4 is 23.6 Å². The molecule has 0 aromatic carbocycles. The molecule has 0 saturated heterocycles. The van der Waals surface area contributed by atoms with Gasteiger partial charge in [0.15, 0.2) is 5.69 Å². The molecule has 0 unspecified atom stereocenters. The number of nitrogens with one attached hydrogen (secondary N) is 1. The molecule has 204 valence electrons. The van der Waals surface area contributed by atoms with Gasteiger partial charge in [0.1, 0.15) is 23.8 Å². The fourth-order valence-electron chi connectivity index (χ4n) is 4.33. The summed E-state index contributed by atoms with van der Waals surface area (Å²) in [4.78, 5) is 56.3. The van der Waals surface area contributed by atoms with E-state index < -0.39 is 24.1 Å². The van der Waals surface area contributed by atoms with E-state index in [0.717, 1.165) is 11.8 Å². The molecule has 38 heavy (non-hydrogen) atoms. The second-order valence-electron chi connectivity index (χ2n) is 9.84. The number of nitrogens with zero attached hydrogens (tertiary/aromatic N) is 2. The number of esters is 1. The SMILES string of the molecule is C/C1=C\[C@@H](O)CC(=O)Cc2nc(co2)C(=O)N2CCC=C2C(=O)O[C@H](C(C)C)[C@H](C)/C=C/C(=O)NCC=C1. The van der Waals surface area contributed by atoms with Crippen LogP contribution in [-0.2, 0) is 25.5 Å². The maximum atomic E-state index is 13.1. The van der Waals surface area contributed by atoms with Crippen LogP contribution in [0, 0.1) is 11.8 Å². The minimum absolute atomic E-state index is 0.0315. The van der Waals surface area contributed by atoms with Crippen molar-refractivity contribution in [2.45, 2.75) is 59.2 Å². The number of fused-ring (bicyclic) bond motifs is 3. The van der Waals surface area contributed by atoms with Gasteiger partial charge in [-0.2, -0.15) is 0 Å². The van der Waals surface area contributed by atoms with Gasteiger partial charge >= 0.3 is 5.97 Å². The van der Waals surface area contributed by atoms with Crippen molar-refractivity contribution in [1.29, 1.82) is 0 Å². The van der Waals surface area contributed by atoms with Crippen LogP contribution < -0.4 is 5.32 Å². The van der Waals surface area contributed by atoms with Crippen LogP contribution in [0.25, 0.3) is 0 Å². The molecular weight excluding hydrogens is 490 g/mol. The maximum absolute atomic E-state index is 13.1. The number of ether oxygens (including phenoxy) is 1. The number of Topliss-reactive ketones (excluding diaryl/α,β-unsaturated/α-hetero) is 1. The summed E-state index contributed by atoms with van der Waals surface area (Å²) in [6.07, 6.45) is 9.48. The number of allylic oxidation sites excluding steroid dienone is 2. The summed E-state index contributed by atoms with van der Waals surface area (Å²) >= 11 is 0. The third-order valence-electron chi connectivity index (χ3n) is 6.19. The second kappa shape index (κ2) is 13.1. The predicted octanol–water partition coefficient (Wildman–Crippen LogP) is 2.66. The van der Waals surface area contributed by atoms with E-state index in [-0.39, 0.29) is 66.7 Å². The van der Waals surface area contributed by atoms with Gasteiger partial charge in [-0.05, 0) is 25.3 Å². The summed E-state index contributed by atoms with van der Waals surface area (Å²) < 4.78 is 11.1. The van der Waals surface area contributed by atoms with Crippen molar-refractivity contribution in [1.82, 2.24) is 15.2 Å². The van der Waals surface area contributed by atoms with Gasteiger partial charge in [0.05, 0.1) is 12.5 Å². The van der Waals surface area contributed by atoms with Gasteiger partial charge < -0.3 is 24.5 Å². The number of carbonyl (C=O) groups excluding carboxylic acids is 4. The van der Waals surface area contributed by atoms with Crippen LogP contribution in [0.3, 0.4) is 0 Å². The molecule has 0 saturated carbocycles. The molecule has 0 aliphatic carbocycles. The molecule has 1 aromatic heterocycles. The molecule has 2 aliphatic heterocycles. The number of cyclic esters (lactones) is 1. The first kappa shape index (κ1) is 28.8. The van der Waals surface area contributed by atoms with E-state index in [4.69, 9.17) is 9.15 Å². The Balaban J connectivity index is 1.86. The Morgan fingerprint density at radius 2 is 1.95 bits per heavy atom. The third-order valence-corrected chi connectivity index (χ3v) is 6.19. The van der Waals surface area contributed by atoms with Gasteiger partial charge in [0.25, 0.3) is 5.91 Å². The highest BCUT2D eigenvalue weighted by Crippen LogP contribution is 2.24. The molecule has 2 N–H and O–H groups in total. The first-order valence-corrected chi connectivity index (χ1v) is 12.7. The largest absolute Gasteiger partial charge is 0.457 e. The van der Waals surface area contributed by atoms with Crippen LogP contribution in [0.5, 0.6) is 0 Å². The predicted molar refractivity (Wildman–Crippen MR) is 139 cm³/mol. The summed E-state index contributed by atoms with van der Waals surface area (Å²) in [7, 11) is 0. The van der Waals surface area contributed by atoms with Crippen LogP contribution in [0.4, 0.5) is 0 Å². The molecule has 1 aromatic rings. The highest BCUT2D eigenvalue weighted by molar-refractivity contribution is 6.00. The number of amides is 2. The smallest absolute Gasteiger partial charge is 0.355 e. The lowest BCUT2D eigenvalue weighted by atomic mass is 9.94. The quantitative estimate of drug-likeness (QED) is 0.534. The Morgan fingerprint density at radius 1 is 1.18 bits per heavy atom. The molecule has 10 heteroatoms. The number of aliphatic hydroxyl groups excluding tert-OH is 1. The van der Waals surface area contributed by atoms with Gasteiger partial charge in [-0.25, -0.2) is 9.78 Å². The number of hydrogen-bond donors (Lipinski definition) is 2. The van der Waals surface area contributed by atoms with Crippen LogP contribution in [0.1, 0.15) is 56.9 Å². The maximum Gasteiger partial charge on any atom is 0.355 e. The first-order chi connectivity index (χ1) is 18.0. The van der Waals surface area contributed by atoms with Crippen molar-refractivity contribution in [2.24, 2.45) is 11.8 Å². The molecule has 3 heterocycles. The van der Waals surface area contributed by atoms with Crippen LogP contribution in [0.2, 0.25) is 0 Å². The highest BCUT2D eigenvalue weighted by Gasteiger charge is 2.33. The number of hydrogen-bond acceptors (Lipinski definition) is 8. The van der Waals surface area contributed by atoms with Gasteiger partial charge in [-0.1, -0.05) is 56.7 Å². The van der Waals surface area contributed by atoms with E-state index in [1.165, 1.54) is 11.0 Å². The highest BCUT2D eigenvalue weighted by atomic mass is 16.5. The summed E-state index contributed by atoms with van der Waals surface area (Å²) in [5.74, 6) is -2.07. The van der Waals surface area contributed by atoms with Gasteiger partial charge in [-0.3, -0.25) is 14.4 Å². The molecule has 0 spiro atoms. The second-order valence-corrected chi connectivity index (χ2v) is 9.84. The van der Waals surface area contributed by atoms with E-state index in [1.807, 2.05) is 20.8 Å². The zero-order valence-electron chi connectivity index (χ0n) is 22.2. The number of rotatable bonds is 1. The normalized spacial score (nSPS) is 26.8. The van der Waals surface area contributed by atoms with Gasteiger partial charge in [0.2, 0.25) is 11.8 Å². The molecule has 2 aliphatic rings. The Hall–Kier alpha value is -3.79. The van der Waals surface area contributed by atoms with Gasteiger partial charge in [-0.15, -0.1) is 0 Å². The molecule has 3 rings (SSSR count). The summed E-state index contributed by atoms with van der Waals surface area (Å²) in [5, 5.41) is 13.0. The van der Waals surface area contributed by atoms with Crippen molar-refractivity contribution in [2.75, 3.05) is 13.1 Å². The lowest BCUT2D eigenvalue weighted by Gasteiger charge is -2.27. The monoisotopic (exact) mass is 525 g/mol.